The summed E-state index contributed by atoms with van der Waals surface area (Å²) in [6.07, 6.45) is 11.4. The number of carbonyl (C=O) groups is 1. The Bertz CT molecular complexity index is 1390. The van der Waals surface area contributed by atoms with Crippen molar-refractivity contribution in [2.75, 3.05) is 13.3 Å². The first kappa shape index (κ1) is 28.8. The Morgan fingerprint density at radius 3 is 2.98 bits per heavy atom. The number of hydrogen-bond acceptors (Lipinski definition) is 8. The number of phenols is 1. The molecular formula is C33H40N4O4. The molecular weight excluding hydrogens is 516 g/mol. The van der Waals surface area contributed by atoms with E-state index in [0.717, 1.165) is 48.9 Å². The van der Waals surface area contributed by atoms with Crippen LogP contribution in [0.1, 0.15) is 73.9 Å². The van der Waals surface area contributed by atoms with Crippen LogP contribution in [0.4, 0.5) is 0 Å². The van der Waals surface area contributed by atoms with Crippen LogP contribution in [0.25, 0.3) is 0 Å². The molecule has 5 rings (SSSR count). The highest BCUT2D eigenvalue weighted by Gasteiger charge is 2.26. The summed E-state index contributed by atoms with van der Waals surface area (Å²) in [4.78, 5) is 23.4. The number of aliphatic hydroxyl groups excluding tert-OH is 1. The highest BCUT2D eigenvalue weighted by Crippen LogP contribution is 2.34. The second-order valence-electron chi connectivity index (χ2n) is 11.1. The molecule has 8 nitrogen and oxygen atoms in total. The largest absolute Gasteiger partial charge is 0.504 e. The van der Waals surface area contributed by atoms with E-state index >= 15 is 0 Å². The van der Waals surface area contributed by atoms with Crippen LogP contribution in [0, 0.1) is 0 Å². The average molecular weight is 557 g/mol. The van der Waals surface area contributed by atoms with Crippen LogP contribution < -0.4 is 10.5 Å². The van der Waals surface area contributed by atoms with E-state index in [1.165, 1.54) is 22.3 Å². The third kappa shape index (κ3) is 7.13. The Kier molecular flexibility index (Phi) is 9.31. The lowest BCUT2D eigenvalue weighted by Gasteiger charge is -2.20. The normalized spacial score (nSPS) is 18.0. The molecule has 3 aliphatic rings. The Balaban J connectivity index is 1.15. The molecule has 0 bridgehead atoms. The number of fused-ring (bicyclic) bond motifs is 2. The zero-order valence-corrected chi connectivity index (χ0v) is 23.8. The van der Waals surface area contributed by atoms with Crippen molar-refractivity contribution >= 4 is 18.2 Å². The molecule has 0 unspecified atom stereocenters. The zero-order valence-electron chi connectivity index (χ0n) is 23.8. The number of ketones is 1. The number of nitrogens with two attached hydrogens (primary N) is 1. The van der Waals surface area contributed by atoms with Crippen LogP contribution in [0.5, 0.6) is 11.5 Å². The number of allylic oxidation sites excluding steroid dienone is 1. The van der Waals surface area contributed by atoms with E-state index in [4.69, 9.17) is 10.5 Å². The van der Waals surface area contributed by atoms with Gasteiger partial charge in [-0.05, 0) is 59.2 Å². The molecule has 0 amide bonds. The second-order valence-corrected chi connectivity index (χ2v) is 11.1. The summed E-state index contributed by atoms with van der Waals surface area (Å²) < 4.78 is 6.00. The summed E-state index contributed by atoms with van der Waals surface area (Å²) >= 11 is 0. The van der Waals surface area contributed by atoms with Crippen LogP contribution in [0.15, 0.2) is 69.4 Å². The number of aliphatic hydroxyl groups is 1. The van der Waals surface area contributed by atoms with Gasteiger partial charge in [-0.3, -0.25) is 14.8 Å². The highest BCUT2D eigenvalue weighted by molar-refractivity contribution is 5.87. The topological polar surface area (TPSA) is 121 Å². The van der Waals surface area contributed by atoms with Gasteiger partial charge in [-0.15, -0.1) is 0 Å². The van der Waals surface area contributed by atoms with Gasteiger partial charge in [0, 0.05) is 50.0 Å². The number of hydrogen-bond donors (Lipinski definition) is 3. The zero-order chi connectivity index (χ0) is 28.8. The number of Topliss-reactive ketones (excluding diaryl/α,β-unsaturated/α-hetero) is 1. The van der Waals surface area contributed by atoms with Crippen molar-refractivity contribution in [3.8, 4) is 11.5 Å². The summed E-state index contributed by atoms with van der Waals surface area (Å²) in [6, 6.07) is 11.5. The van der Waals surface area contributed by atoms with Gasteiger partial charge in [0.05, 0.1) is 11.8 Å². The van der Waals surface area contributed by atoms with E-state index in [-0.39, 0.29) is 30.9 Å². The Labute approximate surface area is 242 Å². The van der Waals surface area contributed by atoms with Crippen LogP contribution in [0.2, 0.25) is 0 Å². The van der Waals surface area contributed by atoms with E-state index in [1.54, 1.807) is 12.1 Å². The maximum atomic E-state index is 12.4. The number of aliphatic imine (C=N–C) groups is 2. The van der Waals surface area contributed by atoms with Gasteiger partial charge in [-0.2, -0.15) is 0 Å². The van der Waals surface area contributed by atoms with Gasteiger partial charge >= 0.3 is 0 Å². The van der Waals surface area contributed by atoms with Gasteiger partial charge in [0.1, 0.15) is 11.9 Å². The number of unbranched alkanes of at least 4 members (excludes halogenated alkanes) is 2. The Morgan fingerprint density at radius 1 is 1.24 bits per heavy atom. The Morgan fingerprint density at radius 2 is 2.12 bits per heavy atom. The first-order valence-electron chi connectivity index (χ1n) is 14.7. The van der Waals surface area contributed by atoms with E-state index in [9.17, 15) is 15.0 Å². The van der Waals surface area contributed by atoms with Crippen LogP contribution in [0.3, 0.4) is 0 Å². The van der Waals surface area contributed by atoms with Crippen LogP contribution in [-0.2, 0) is 24.1 Å². The van der Waals surface area contributed by atoms with Gasteiger partial charge < -0.3 is 25.6 Å². The molecule has 41 heavy (non-hydrogen) atoms. The predicted molar refractivity (Wildman–Crippen MR) is 161 cm³/mol. The maximum Gasteiger partial charge on any atom is 0.163 e. The highest BCUT2D eigenvalue weighted by atomic mass is 16.5. The van der Waals surface area contributed by atoms with Crippen molar-refractivity contribution in [2.24, 2.45) is 15.7 Å². The summed E-state index contributed by atoms with van der Waals surface area (Å²) in [5.74, 6) is 0.500. The molecule has 0 aromatic heterocycles. The number of benzene rings is 2. The van der Waals surface area contributed by atoms with Crippen molar-refractivity contribution < 1.29 is 19.7 Å². The minimum absolute atomic E-state index is 0.0522. The molecule has 216 valence electrons. The van der Waals surface area contributed by atoms with E-state index in [1.807, 2.05) is 35.7 Å². The molecule has 3 aliphatic heterocycles. The van der Waals surface area contributed by atoms with Gasteiger partial charge in [0.25, 0.3) is 0 Å². The molecule has 0 saturated carbocycles. The minimum Gasteiger partial charge on any atom is -0.504 e. The summed E-state index contributed by atoms with van der Waals surface area (Å²) in [6.45, 7) is 3.06. The third-order valence-electron chi connectivity index (χ3n) is 8.00. The quantitative estimate of drug-likeness (QED) is 0.284. The molecule has 0 saturated heterocycles. The van der Waals surface area contributed by atoms with E-state index in [0.29, 0.717) is 31.6 Å². The Hall–Kier alpha value is -3.75. The van der Waals surface area contributed by atoms with Crippen molar-refractivity contribution in [2.45, 2.75) is 77.0 Å². The summed E-state index contributed by atoms with van der Waals surface area (Å²) in [7, 11) is 0. The molecule has 0 radical (unpaired) electrons. The first-order chi connectivity index (χ1) is 19.9. The number of carbonyl (C=O) groups excluding carboxylic acids is 1. The van der Waals surface area contributed by atoms with Crippen molar-refractivity contribution in [1.29, 1.82) is 0 Å². The lowest BCUT2D eigenvalue weighted by atomic mass is 9.91. The van der Waals surface area contributed by atoms with Crippen molar-refractivity contribution in [3.05, 3.63) is 81.7 Å². The molecule has 2 atom stereocenters. The maximum absolute atomic E-state index is 12.4. The number of phenolic OH excluding ortho intramolecular Hbond substituents is 1. The van der Waals surface area contributed by atoms with E-state index in [2.05, 4.69) is 29.0 Å². The average Bonchev–Trinajstić information content (AvgIpc) is 3.54. The molecule has 3 heterocycles. The van der Waals surface area contributed by atoms with Gasteiger partial charge in [0.2, 0.25) is 0 Å². The monoisotopic (exact) mass is 556 g/mol. The fraction of sp³-hybridized carbons (Fsp3) is 0.424. The summed E-state index contributed by atoms with van der Waals surface area (Å²) in [5, 5.41) is 20.5. The number of aromatic hydroxyl groups is 1. The third-order valence-corrected chi connectivity index (χ3v) is 8.00. The molecule has 2 aromatic rings. The van der Waals surface area contributed by atoms with Gasteiger partial charge in [-0.1, -0.05) is 50.5 Å². The SMILES string of the molecule is CCCCC[C@@H](O)CC(=O)CCc1ccc(O)c(OCN2C=C3N=CC(Cc4cccc5c4CC=N[C@H]5N)=C3C2)c1. The predicted octanol–water partition coefficient (Wildman–Crippen LogP) is 4.93. The number of nitrogens with zero attached hydrogens (tertiary/aromatic N) is 3. The fourth-order valence-corrected chi connectivity index (χ4v) is 5.67. The molecule has 4 N–H and O–H groups in total. The molecule has 8 heteroatoms. The molecule has 0 spiro atoms. The lowest BCUT2D eigenvalue weighted by Crippen LogP contribution is -2.22. The van der Waals surface area contributed by atoms with Gasteiger partial charge in [0.15, 0.2) is 18.2 Å². The molecule has 0 fully saturated rings. The van der Waals surface area contributed by atoms with Crippen LogP contribution >= 0.6 is 0 Å². The number of aryl methyl sites for hydroxylation is 1. The van der Waals surface area contributed by atoms with Gasteiger partial charge in [-0.25, -0.2) is 0 Å². The smallest absolute Gasteiger partial charge is 0.163 e. The lowest BCUT2D eigenvalue weighted by molar-refractivity contribution is -0.121. The summed E-state index contributed by atoms with van der Waals surface area (Å²) in [5.41, 5.74) is 14.0. The minimum atomic E-state index is -0.562. The first-order valence-corrected chi connectivity index (χ1v) is 14.7. The number of rotatable bonds is 14. The molecule has 2 aromatic carbocycles. The van der Waals surface area contributed by atoms with E-state index < -0.39 is 6.10 Å². The van der Waals surface area contributed by atoms with Crippen molar-refractivity contribution in [3.63, 3.8) is 0 Å². The van der Waals surface area contributed by atoms with Crippen LogP contribution in [-0.4, -0.2) is 52.7 Å². The standard InChI is InChI=1S/C33H40N4O4/c1-2-3-4-7-25(38)17-26(39)11-9-22-10-12-31(40)32(15-22)41-21-37-19-29-24(18-36-30(29)20-37)16-23-6-5-8-28-27(23)13-14-35-33(28)34/h5-6,8,10,12,14-15,18,20,25,33,38,40H,2-4,7,9,11,13,16-17,19,21,34H2,1H3/t25-,33-/m1/s1. The number of ether oxygens (including phenoxy) is 1. The second kappa shape index (κ2) is 13.3. The fourth-order valence-electron chi connectivity index (χ4n) is 5.67. The van der Waals surface area contributed by atoms with Crippen molar-refractivity contribution in [1.82, 2.24) is 4.90 Å². The molecule has 0 aliphatic carbocycles.